The average Bonchev–Trinajstić information content (AvgIpc) is 3.02. The Hall–Kier alpha value is -2.81. The normalized spacial score (nSPS) is 16.2. The molecule has 9 nitrogen and oxygen atoms in total. The number of aromatic amines is 1. The van der Waals surface area contributed by atoms with Crippen LogP contribution in [-0.2, 0) is 22.6 Å². The van der Waals surface area contributed by atoms with Gasteiger partial charge in [-0.25, -0.2) is 9.89 Å². The highest BCUT2D eigenvalue weighted by Crippen LogP contribution is 2.24. The number of hydrogen-bond donors (Lipinski definition) is 2. The fraction of sp³-hybridized carbons (Fsp3) is 0.438. The van der Waals surface area contributed by atoms with Gasteiger partial charge in [0.2, 0.25) is 5.91 Å². The number of H-pyrrole nitrogens is 1. The van der Waals surface area contributed by atoms with Crippen molar-refractivity contribution >= 4 is 5.91 Å². The van der Waals surface area contributed by atoms with Crippen molar-refractivity contribution in [3.8, 4) is 11.5 Å². The second-order valence-electron chi connectivity index (χ2n) is 5.56. The minimum absolute atomic E-state index is 0.0799. The minimum Gasteiger partial charge on any atom is -0.497 e. The molecule has 2 aromatic rings. The number of methoxy groups -OCH3 is 2. The van der Waals surface area contributed by atoms with E-state index in [4.69, 9.17) is 14.2 Å². The van der Waals surface area contributed by atoms with E-state index in [1.807, 2.05) is 6.07 Å². The van der Waals surface area contributed by atoms with Crippen LogP contribution in [0, 0.1) is 0 Å². The van der Waals surface area contributed by atoms with E-state index in [0.717, 1.165) is 5.56 Å². The van der Waals surface area contributed by atoms with Gasteiger partial charge in [-0.1, -0.05) is 0 Å². The summed E-state index contributed by atoms with van der Waals surface area (Å²) in [7, 11) is 3.15. The van der Waals surface area contributed by atoms with Gasteiger partial charge < -0.3 is 19.5 Å². The Labute approximate surface area is 143 Å². The molecule has 0 spiro atoms. The lowest BCUT2D eigenvalue weighted by atomic mass is 10.1. The summed E-state index contributed by atoms with van der Waals surface area (Å²) in [6, 6.07) is 5.38. The van der Waals surface area contributed by atoms with Crippen LogP contribution in [0.4, 0.5) is 0 Å². The smallest absolute Gasteiger partial charge is 0.343 e. The van der Waals surface area contributed by atoms with Crippen LogP contribution in [0.3, 0.4) is 0 Å². The van der Waals surface area contributed by atoms with Gasteiger partial charge in [0.1, 0.15) is 17.6 Å². The van der Waals surface area contributed by atoms with Crippen molar-refractivity contribution in [2.45, 2.75) is 25.6 Å². The summed E-state index contributed by atoms with van der Waals surface area (Å²) >= 11 is 0. The SMILES string of the molecule is COc1ccc(OC)c(CNC(=O)CC2OCCn3c2n[nH]c3=O)c1. The van der Waals surface area contributed by atoms with E-state index in [1.54, 1.807) is 26.4 Å². The molecule has 1 amide bonds. The lowest BCUT2D eigenvalue weighted by Crippen LogP contribution is -2.32. The second-order valence-corrected chi connectivity index (χ2v) is 5.56. The fourth-order valence-corrected chi connectivity index (χ4v) is 2.76. The van der Waals surface area contributed by atoms with E-state index in [1.165, 1.54) is 4.57 Å². The van der Waals surface area contributed by atoms with Gasteiger partial charge in [0.25, 0.3) is 0 Å². The van der Waals surface area contributed by atoms with Crippen molar-refractivity contribution in [2.24, 2.45) is 0 Å². The predicted molar refractivity (Wildman–Crippen MR) is 87.6 cm³/mol. The molecule has 1 aromatic carbocycles. The van der Waals surface area contributed by atoms with Crippen LogP contribution in [0.15, 0.2) is 23.0 Å². The number of carbonyl (C=O) groups excluding carboxylic acids is 1. The highest BCUT2D eigenvalue weighted by molar-refractivity contribution is 5.76. The second kappa shape index (κ2) is 7.39. The molecule has 2 heterocycles. The number of benzene rings is 1. The van der Waals surface area contributed by atoms with Crippen LogP contribution in [0.25, 0.3) is 0 Å². The van der Waals surface area contributed by atoms with Gasteiger partial charge in [-0.2, -0.15) is 5.10 Å². The van der Waals surface area contributed by atoms with E-state index in [0.29, 0.717) is 37.0 Å². The first-order chi connectivity index (χ1) is 12.1. The molecular weight excluding hydrogens is 328 g/mol. The third-order valence-corrected chi connectivity index (χ3v) is 4.04. The lowest BCUT2D eigenvalue weighted by Gasteiger charge is -2.22. The summed E-state index contributed by atoms with van der Waals surface area (Å²) in [5.41, 5.74) is 0.515. The molecule has 9 heteroatoms. The maximum absolute atomic E-state index is 12.3. The summed E-state index contributed by atoms with van der Waals surface area (Å²) in [4.78, 5) is 23.9. The molecule has 0 bridgehead atoms. The highest BCUT2D eigenvalue weighted by atomic mass is 16.5. The highest BCUT2D eigenvalue weighted by Gasteiger charge is 2.27. The molecule has 3 rings (SSSR count). The number of nitrogens with zero attached hydrogens (tertiary/aromatic N) is 2. The molecule has 2 N–H and O–H groups in total. The Morgan fingerprint density at radius 2 is 2.28 bits per heavy atom. The van der Waals surface area contributed by atoms with Crippen molar-refractivity contribution < 1.29 is 19.0 Å². The summed E-state index contributed by atoms with van der Waals surface area (Å²) in [5.74, 6) is 1.58. The number of nitrogens with one attached hydrogen (secondary N) is 2. The van der Waals surface area contributed by atoms with E-state index in [2.05, 4.69) is 15.5 Å². The van der Waals surface area contributed by atoms with Crippen molar-refractivity contribution in [3.63, 3.8) is 0 Å². The quantitative estimate of drug-likeness (QED) is 0.781. The molecule has 1 aliphatic heterocycles. The van der Waals surface area contributed by atoms with Crippen LogP contribution in [0.2, 0.25) is 0 Å². The van der Waals surface area contributed by atoms with Gasteiger partial charge in [0.15, 0.2) is 5.82 Å². The number of hydrogen-bond acceptors (Lipinski definition) is 6. The molecule has 0 aliphatic carbocycles. The van der Waals surface area contributed by atoms with Crippen LogP contribution in [0.5, 0.6) is 11.5 Å². The molecule has 1 unspecified atom stereocenters. The zero-order valence-corrected chi connectivity index (χ0v) is 14.1. The number of carbonyl (C=O) groups is 1. The van der Waals surface area contributed by atoms with E-state index >= 15 is 0 Å². The zero-order valence-electron chi connectivity index (χ0n) is 14.1. The van der Waals surface area contributed by atoms with Gasteiger partial charge in [0, 0.05) is 12.1 Å². The van der Waals surface area contributed by atoms with E-state index in [9.17, 15) is 9.59 Å². The Balaban J connectivity index is 1.63. The lowest BCUT2D eigenvalue weighted by molar-refractivity contribution is -0.125. The van der Waals surface area contributed by atoms with Gasteiger partial charge in [-0.3, -0.25) is 9.36 Å². The standard InChI is InChI=1S/C16H20N4O5/c1-23-11-3-4-12(24-2)10(7-11)9-17-14(21)8-13-15-18-19-16(22)20(15)5-6-25-13/h3-4,7,13H,5-6,8-9H2,1-2H3,(H,17,21)(H,19,22). The third kappa shape index (κ3) is 3.66. The Morgan fingerprint density at radius 3 is 3.04 bits per heavy atom. The van der Waals surface area contributed by atoms with Crippen molar-refractivity contribution in [2.75, 3.05) is 20.8 Å². The molecule has 1 aromatic heterocycles. The monoisotopic (exact) mass is 348 g/mol. The first kappa shape index (κ1) is 17.0. The maximum Gasteiger partial charge on any atom is 0.343 e. The maximum atomic E-state index is 12.3. The third-order valence-electron chi connectivity index (χ3n) is 4.04. The molecule has 1 aliphatic rings. The minimum atomic E-state index is -0.542. The number of ether oxygens (including phenoxy) is 3. The molecular formula is C16H20N4O5. The predicted octanol–water partition coefficient (Wildman–Crippen LogP) is 0.366. The summed E-state index contributed by atoms with van der Waals surface area (Å²) in [6.45, 7) is 1.09. The van der Waals surface area contributed by atoms with Crippen molar-refractivity contribution in [3.05, 3.63) is 40.1 Å². The number of rotatable bonds is 6. The number of fused-ring (bicyclic) bond motifs is 1. The topological polar surface area (TPSA) is 107 Å². The number of amides is 1. The Kier molecular flexibility index (Phi) is 5.03. The summed E-state index contributed by atoms with van der Waals surface area (Å²) in [5, 5.41) is 9.16. The van der Waals surface area contributed by atoms with Crippen LogP contribution >= 0.6 is 0 Å². The molecule has 0 saturated heterocycles. The van der Waals surface area contributed by atoms with E-state index < -0.39 is 6.10 Å². The molecule has 0 fully saturated rings. The molecule has 0 saturated carbocycles. The number of aromatic nitrogens is 3. The molecule has 0 radical (unpaired) electrons. The summed E-state index contributed by atoms with van der Waals surface area (Å²) in [6.07, 6.45) is -0.462. The molecule has 25 heavy (non-hydrogen) atoms. The Morgan fingerprint density at radius 1 is 1.44 bits per heavy atom. The molecule has 1 atom stereocenters. The Bertz CT molecular complexity index is 813. The summed E-state index contributed by atoms with van der Waals surface area (Å²) < 4.78 is 17.6. The van der Waals surface area contributed by atoms with Crippen LogP contribution in [-0.4, -0.2) is 41.5 Å². The van der Waals surface area contributed by atoms with Crippen molar-refractivity contribution in [1.82, 2.24) is 20.1 Å². The van der Waals surface area contributed by atoms with Gasteiger partial charge in [0.05, 0.1) is 33.8 Å². The zero-order chi connectivity index (χ0) is 17.8. The first-order valence-electron chi connectivity index (χ1n) is 7.86. The van der Waals surface area contributed by atoms with Crippen LogP contribution in [0.1, 0.15) is 23.9 Å². The van der Waals surface area contributed by atoms with Gasteiger partial charge >= 0.3 is 5.69 Å². The van der Waals surface area contributed by atoms with Crippen LogP contribution < -0.4 is 20.5 Å². The average molecular weight is 348 g/mol. The van der Waals surface area contributed by atoms with E-state index in [-0.39, 0.29) is 18.0 Å². The molecule has 134 valence electrons. The largest absolute Gasteiger partial charge is 0.497 e. The van der Waals surface area contributed by atoms with Gasteiger partial charge in [-0.15, -0.1) is 0 Å². The van der Waals surface area contributed by atoms with Gasteiger partial charge in [-0.05, 0) is 18.2 Å². The first-order valence-corrected chi connectivity index (χ1v) is 7.86. The fourth-order valence-electron chi connectivity index (χ4n) is 2.76. The van der Waals surface area contributed by atoms with Crippen molar-refractivity contribution in [1.29, 1.82) is 0 Å².